The van der Waals surface area contributed by atoms with Crippen LogP contribution in [-0.2, 0) is 19.4 Å². The normalized spacial score (nSPS) is 25.4. The van der Waals surface area contributed by atoms with Crippen LogP contribution in [0, 0.1) is 5.92 Å². The van der Waals surface area contributed by atoms with Crippen LogP contribution >= 0.6 is 0 Å². The highest BCUT2D eigenvalue weighted by Gasteiger charge is 2.34. The summed E-state index contributed by atoms with van der Waals surface area (Å²) in [5.41, 5.74) is 1.97. The summed E-state index contributed by atoms with van der Waals surface area (Å²) >= 11 is 0. The summed E-state index contributed by atoms with van der Waals surface area (Å²) in [6, 6.07) is 6.70. The lowest BCUT2D eigenvalue weighted by molar-refractivity contribution is 0.0866. The lowest BCUT2D eigenvalue weighted by atomic mass is 9.91. The van der Waals surface area contributed by atoms with E-state index in [4.69, 9.17) is 0 Å². The summed E-state index contributed by atoms with van der Waals surface area (Å²) in [5, 5.41) is 21.3. The fourth-order valence-corrected chi connectivity index (χ4v) is 5.41. The predicted octanol–water partition coefficient (Wildman–Crippen LogP) is 2.77. The second-order valence-electron chi connectivity index (χ2n) is 8.65. The van der Waals surface area contributed by atoms with Gasteiger partial charge in [-0.2, -0.15) is 0 Å². The molecule has 2 aliphatic heterocycles. The van der Waals surface area contributed by atoms with Crippen LogP contribution in [-0.4, -0.2) is 56.9 Å². The first kappa shape index (κ1) is 17.9. The fourth-order valence-electron chi connectivity index (χ4n) is 5.41. The SMILES string of the molecule is Oc1c2c(c(O)n1C[C@H]1CC[C@H]3CN(c4ccccn4)CCN3C1)CCCC2. The summed E-state index contributed by atoms with van der Waals surface area (Å²) in [7, 11) is 0. The van der Waals surface area contributed by atoms with E-state index < -0.39 is 0 Å². The van der Waals surface area contributed by atoms with Crippen molar-refractivity contribution in [2.45, 2.75) is 51.1 Å². The third kappa shape index (κ3) is 3.13. The van der Waals surface area contributed by atoms with Crippen LogP contribution in [0.1, 0.15) is 36.8 Å². The number of hydrogen-bond acceptors (Lipinski definition) is 5. The maximum absolute atomic E-state index is 10.7. The molecule has 0 radical (unpaired) electrons. The summed E-state index contributed by atoms with van der Waals surface area (Å²) < 4.78 is 1.78. The van der Waals surface area contributed by atoms with Crippen LogP contribution in [0.5, 0.6) is 11.8 Å². The van der Waals surface area contributed by atoms with E-state index >= 15 is 0 Å². The van der Waals surface area contributed by atoms with Crippen molar-refractivity contribution in [3.8, 4) is 11.8 Å². The van der Waals surface area contributed by atoms with E-state index in [9.17, 15) is 10.2 Å². The molecule has 0 amide bonds. The Morgan fingerprint density at radius 3 is 2.46 bits per heavy atom. The Hall–Kier alpha value is -2.21. The van der Waals surface area contributed by atoms with E-state index in [1.807, 2.05) is 12.3 Å². The van der Waals surface area contributed by atoms with Gasteiger partial charge >= 0.3 is 0 Å². The molecule has 2 N–H and O–H groups in total. The van der Waals surface area contributed by atoms with E-state index in [-0.39, 0.29) is 0 Å². The quantitative estimate of drug-likeness (QED) is 0.855. The molecular weight excluding hydrogens is 352 g/mol. The number of aromatic hydroxyl groups is 2. The molecule has 0 unspecified atom stereocenters. The number of piperazine rings is 1. The van der Waals surface area contributed by atoms with Crippen LogP contribution in [0.4, 0.5) is 5.82 Å². The van der Waals surface area contributed by atoms with Crippen molar-refractivity contribution in [1.29, 1.82) is 0 Å². The molecule has 1 aliphatic carbocycles. The topological polar surface area (TPSA) is 64.8 Å². The molecule has 5 rings (SSSR count). The van der Waals surface area contributed by atoms with Gasteiger partial charge in [0.15, 0.2) is 11.8 Å². The molecule has 2 atom stereocenters. The van der Waals surface area contributed by atoms with Crippen LogP contribution in [0.3, 0.4) is 0 Å². The Morgan fingerprint density at radius 2 is 1.75 bits per heavy atom. The van der Waals surface area contributed by atoms with E-state index in [0.29, 0.717) is 23.7 Å². The van der Waals surface area contributed by atoms with Crippen LogP contribution in [0.15, 0.2) is 24.4 Å². The summed E-state index contributed by atoms with van der Waals surface area (Å²) in [6.07, 6.45) is 8.17. The first-order chi connectivity index (χ1) is 13.7. The maximum atomic E-state index is 10.7. The monoisotopic (exact) mass is 382 g/mol. The van der Waals surface area contributed by atoms with Crippen LogP contribution in [0.25, 0.3) is 0 Å². The molecule has 2 aromatic heterocycles. The molecule has 0 bridgehead atoms. The molecule has 28 heavy (non-hydrogen) atoms. The molecule has 6 nitrogen and oxygen atoms in total. The van der Waals surface area contributed by atoms with E-state index in [1.165, 1.54) is 0 Å². The number of fused-ring (bicyclic) bond motifs is 2. The van der Waals surface area contributed by atoms with Gasteiger partial charge in [-0.05, 0) is 56.6 Å². The summed E-state index contributed by atoms with van der Waals surface area (Å²) in [4.78, 5) is 9.51. The number of nitrogens with zero attached hydrogens (tertiary/aromatic N) is 4. The summed E-state index contributed by atoms with van der Waals surface area (Å²) in [6.45, 7) is 4.87. The van der Waals surface area contributed by atoms with Crippen molar-refractivity contribution in [2.75, 3.05) is 31.1 Å². The van der Waals surface area contributed by atoms with Crippen molar-refractivity contribution in [2.24, 2.45) is 5.92 Å². The molecule has 6 heteroatoms. The predicted molar refractivity (Wildman–Crippen MR) is 109 cm³/mol. The van der Waals surface area contributed by atoms with Crippen molar-refractivity contribution < 1.29 is 10.2 Å². The van der Waals surface area contributed by atoms with Gasteiger partial charge in [0.2, 0.25) is 0 Å². The first-order valence-electron chi connectivity index (χ1n) is 10.7. The van der Waals surface area contributed by atoms with Gasteiger partial charge in [0.25, 0.3) is 0 Å². The average molecular weight is 383 g/mol. The van der Waals surface area contributed by atoms with Gasteiger partial charge in [0.05, 0.1) is 0 Å². The van der Waals surface area contributed by atoms with Gasteiger partial charge in [-0.15, -0.1) is 0 Å². The van der Waals surface area contributed by atoms with Crippen LogP contribution < -0.4 is 4.90 Å². The van der Waals surface area contributed by atoms with Gasteiger partial charge in [-0.3, -0.25) is 9.47 Å². The molecule has 4 heterocycles. The van der Waals surface area contributed by atoms with Crippen molar-refractivity contribution in [3.05, 3.63) is 35.5 Å². The molecule has 3 aliphatic rings. The summed E-state index contributed by atoms with van der Waals surface area (Å²) in [5.74, 6) is 2.18. The Bertz CT molecular complexity index is 805. The van der Waals surface area contributed by atoms with Gasteiger partial charge < -0.3 is 15.1 Å². The van der Waals surface area contributed by atoms with Crippen molar-refractivity contribution >= 4 is 5.82 Å². The molecule has 0 aromatic carbocycles. The van der Waals surface area contributed by atoms with Gasteiger partial charge in [-0.1, -0.05) is 6.07 Å². The minimum absolute atomic E-state index is 0.314. The number of pyridine rings is 1. The number of anilines is 1. The fraction of sp³-hybridized carbons (Fsp3) is 0.591. The Morgan fingerprint density at radius 1 is 0.964 bits per heavy atom. The zero-order valence-electron chi connectivity index (χ0n) is 16.4. The van der Waals surface area contributed by atoms with E-state index in [0.717, 1.165) is 88.2 Å². The first-order valence-corrected chi connectivity index (χ1v) is 10.7. The number of piperidine rings is 1. The second-order valence-corrected chi connectivity index (χ2v) is 8.65. The third-order valence-electron chi connectivity index (χ3n) is 6.94. The third-order valence-corrected chi connectivity index (χ3v) is 6.94. The molecule has 0 spiro atoms. The highest BCUT2D eigenvalue weighted by molar-refractivity contribution is 5.46. The maximum Gasteiger partial charge on any atom is 0.197 e. The molecule has 2 saturated heterocycles. The zero-order chi connectivity index (χ0) is 19.1. The zero-order valence-corrected chi connectivity index (χ0v) is 16.4. The Balaban J connectivity index is 1.25. The Labute approximate surface area is 166 Å². The van der Waals surface area contributed by atoms with E-state index in [1.54, 1.807) is 4.57 Å². The molecule has 150 valence electrons. The van der Waals surface area contributed by atoms with Crippen molar-refractivity contribution in [3.63, 3.8) is 0 Å². The number of hydrogen-bond donors (Lipinski definition) is 2. The molecular formula is C22H30N4O2. The average Bonchev–Trinajstić information content (AvgIpc) is 2.99. The molecule has 2 fully saturated rings. The highest BCUT2D eigenvalue weighted by Crippen LogP contribution is 2.40. The van der Waals surface area contributed by atoms with Gasteiger partial charge in [0, 0.05) is 56.1 Å². The van der Waals surface area contributed by atoms with Gasteiger partial charge in [0.1, 0.15) is 5.82 Å². The lowest BCUT2D eigenvalue weighted by Crippen LogP contribution is -2.57. The highest BCUT2D eigenvalue weighted by atomic mass is 16.3. The smallest absolute Gasteiger partial charge is 0.197 e. The lowest BCUT2D eigenvalue weighted by Gasteiger charge is -2.46. The van der Waals surface area contributed by atoms with Crippen LogP contribution in [0.2, 0.25) is 0 Å². The second kappa shape index (κ2) is 7.32. The minimum atomic E-state index is 0.314. The minimum Gasteiger partial charge on any atom is -0.494 e. The van der Waals surface area contributed by atoms with Crippen molar-refractivity contribution in [1.82, 2.24) is 14.5 Å². The standard InChI is InChI=1S/C22H30N4O2/c27-21-18-5-1-2-6-19(18)22(28)26(21)14-16-8-9-17-15-25(12-11-24(17)13-16)20-7-3-4-10-23-20/h3-4,7,10,16-17,27-28H,1-2,5-6,8-9,11-15H2/t16-,17-/m0/s1. The molecule has 0 saturated carbocycles. The Kier molecular flexibility index (Phi) is 4.67. The molecule has 2 aromatic rings. The number of aromatic nitrogens is 2. The largest absolute Gasteiger partial charge is 0.494 e. The van der Waals surface area contributed by atoms with E-state index in [2.05, 4.69) is 26.9 Å². The van der Waals surface area contributed by atoms with Gasteiger partial charge in [-0.25, -0.2) is 4.98 Å². The number of rotatable bonds is 3.